The Bertz CT molecular complexity index is 441. The summed E-state index contributed by atoms with van der Waals surface area (Å²) in [4.78, 5) is 12.0. The van der Waals surface area contributed by atoms with Crippen LogP contribution >= 0.6 is 11.8 Å². The van der Waals surface area contributed by atoms with Gasteiger partial charge in [0.05, 0.1) is 12.6 Å². The maximum absolute atomic E-state index is 12.0. The number of carbonyl (C=O) groups is 1. The van der Waals surface area contributed by atoms with Gasteiger partial charge in [0.2, 0.25) is 0 Å². The Morgan fingerprint density at radius 2 is 2.14 bits per heavy atom. The molecule has 0 radical (unpaired) electrons. The van der Waals surface area contributed by atoms with Crippen molar-refractivity contribution in [1.82, 2.24) is 10.6 Å². The summed E-state index contributed by atoms with van der Waals surface area (Å²) in [6.07, 6.45) is 6.01. The number of rotatable bonds is 6. The van der Waals surface area contributed by atoms with Crippen LogP contribution in [-0.4, -0.2) is 41.3 Å². The van der Waals surface area contributed by atoms with Crippen LogP contribution in [0.25, 0.3) is 0 Å². The van der Waals surface area contributed by atoms with Gasteiger partial charge in [0.25, 0.3) is 0 Å². The third-order valence-electron chi connectivity index (χ3n) is 3.93. The summed E-state index contributed by atoms with van der Waals surface area (Å²) in [5.41, 5.74) is 1.11. The smallest absolute Gasteiger partial charge is 0.315 e. The molecule has 3 N–H and O–H groups in total. The molecule has 1 aromatic carbocycles. The molecule has 1 aliphatic carbocycles. The van der Waals surface area contributed by atoms with Gasteiger partial charge in [0, 0.05) is 11.3 Å². The maximum Gasteiger partial charge on any atom is 0.315 e. The lowest BCUT2D eigenvalue weighted by molar-refractivity contribution is 0.213. The molecule has 4 nitrogen and oxygen atoms in total. The summed E-state index contributed by atoms with van der Waals surface area (Å²) < 4.78 is 0. The van der Waals surface area contributed by atoms with Crippen molar-refractivity contribution in [1.29, 1.82) is 0 Å². The van der Waals surface area contributed by atoms with E-state index < -0.39 is 0 Å². The average molecular weight is 308 g/mol. The molecule has 0 unspecified atom stereocenters. The number of benzene rings is 1. The molecule has 0 aromatic heterocycles. The third kappa shape index (κ3) is 5.25. The minimum absolute atomic E-state index is 0.0551. The topological polar surface area (TPSA) is 61.4 Å². The molecule has 0 bridgehead atoms. The van der Waals surface area contributed by atoms with E-state index in [4.69, 9.17) is 0 Å². The van der Waals surface area contributed by atoms with Gasteiger partial charge in [-0.3, -0.25) is 0 Å². The molecular formula is C16H24N2O2S. The highest BCUT2D eigenvalue weighted by Gasteiger charge is 2.25. The van der Waals surface area contributed by atoms with Gasteiger partial charge in [-0.25, -0.2) is 4.79 Å². The molecular weight excluding hydrogens is 284 g/mol. The van der Waals surface area contributed by atoms with Crippen molar-refractivity contribution >= 4 is 17.8 Å². The minimum atomic E-state index is -0.245. The first-order valence-corrected chi connectivity index (χ1v) is 8.74. The second-order valence-electron chi connectivity index (χ2n) is 5.55. The van der Waals surface area contributed by atoms with Crippen molar-refractivity contribution in [2.45, 2.75) is 43.0 Å². The molecule has 21 heavy (non-hydrogen) atoms. The molecule has 1 fully saturated rings. The van der Waals surface area contributed by atoms with E-state index in [1.165, 1.54) is 6.42 Å². The molecule has 0 spiro atoms. The summed E-state index contributed by atoms with van der Waals surface area (Å²) in [5, 5.41) is 16.0. The fourth-order valence-electron chi connectivity index (χ4n) is 2.76. The van der Waals surface area contributed by atoms with Gasteiger partial charge in [0.15, 0.2) is 0 Å². The summed E-state index contributed by atoms with van der Waals surface area (Å²) in [6, 6.07) is 9.74. The second-order valence-corrected chi connectivity index (χ2v) is 6.69. The quantitative estimate of drug-likeness (QED) is 0.755. The number of thioether (sulfide) groups is 1. The lowest BCUT2D eigenvalue weighted by Crippen LogP contribution is -2.47. The molecule has 116 valence electrons. The molecule has 0 heterocycles. The first-order chi connectivity index (χ1) is 10.2. The van der Waals surface area contributed by atoms with E-state index in [1.807, 2.05) is 42.1 Å². The standard InChI is InChI=1S/C16H24N2O2S/c1-21-15-8-7-13(10-15)17-16(20)18-14(11-19)9-12-5-3-2-4-6-12/h2-6,13-15,19H,7-11H2,1H3,(H2,17,18,20)/t13-,14-,15-/m1/s1. The minimum Gasteiger partial charge on any atom is -0.394 e. The number of nitrogens with one attached hydrogen (secondary N) is 2. The van der Waals surface area contributed by atoms with E-state index in [1.54, 1.807) is 0 Å². The van der Waals surface area contributed by atoms with E-state index in [0.29, 0.717) is 11.7 Å². The molecule has 0 aliphatic heterocycles. The van der Waals surface area contributed by atoms with Crippen LogP contribution in [0.15, 0.2) is 30.3 Å². The number of hydrogen-bond donors (Lipinski definition) is 3. The van der Waals surface area contributed by atoms with Crippen LogP contribution in [0, 0.1) is 0 Å². The molecule has 1 saturated carbocycles. The van der Waals surface area contributed by atoms with Crippen molar-refractivity contribution in [3.63, 3.8) is 0 Å². The first kappa shape index (κ1) is 16.2. The van der Waals surface area contributed by atoms with Gasteiger partial charge in [0.1, 0.15) is 0 Å². The fraction of sp³-hybridized carbons (Fsp3) is 0.562. The normalized spacial score (nSPS) is 22.8. The van der Waals surface area contributed by atoms with Crippen LogP contribution in [-0.2, 0) is 6.42 Å². The SMILES string of the molecule is CS[C@@H]1CC[C@@H](NC(=O)N[C@@H](CO)Cc2ccccc2)C1. The highest BCUT2D eigenvalue weighted by molar-refractivity contribution is 7.99. The molecule has 2 rings (SSSR count). The predicted octanol–water partition coefficient (Wildman–Crippen LogP) is 2.17. The monoisotopic (exact) mass is 308 g/mol. The van der Waals surface area contributed by atoms with E-state index in [9.17, 15) is 9.90 Å². The van der Waals surface area contributed by atoms with Crippen LogP contribution in [0.4, 0.5) is 4.79 Å². The fourth-order valence-corrected chi connectivity index (χ4v) is 3.55. The number of aliphatic hydroxyl groups is 1. The highest BCUT2D eigenvalue weighted by Crippen LogP contribution is 2.27. The highest BCUT2D eigenvalue weighted by atomic mass is 32.2. The number of hydrogen-bond acceptors (Lipinski definition) is 3. The van der Waals surface area contributed by atoms with Crippen LogP contribution < -0.4 is 10.6 Å². The van der Waals surface area contributed by atoms with Gasteiger partial charge in [-0.05, 0) is 37.5 Å². The number of urea groups is 1. The number of carbonyl (C=O) groups excluding carboxylic acids is 1. The summed E-state index contributed by atoms with van der Waals surface area (Å²) in [6.45, 7) is -0.0551. The Labute approximate surface area is 130 Å². The van der Waals surface area contributed by atoms with Gasteiger partial charge in [-0.1, -0.05) is 30.3 Å². The zero-order chi connectivity index (χ0) is 15.1. The van der Waals surface area contributed by atoms with Crippen LogP contribution in [0.1, 0.15) is 24.8 Å². The Balaban J connectivity index is 1.77. The second kappa shape index (κ2) is 8.29. The zero-order valence-corrected chi connectivity index (χ0v) is 13.2. The molecule has 0 saturated heterocycles. The van der Waals surface area contributed by atoms with Gasteiger partial charge in [-0.15, -0.1) is 0 Å². The maximum atomic E-state index is 12.0. The lowest BCUT2D eigenvalue weighted by atomic mass is 10.1. The van der Waals surface area contributed by atoms with Crippen molar-refractivity contribution in [3.8, 4) is 0 Å². The first-order valence-electron chi connectivity index (χ1n) is 7.46. The Kier molecular flexibility index (Phi) is 6.39. The van der Waals surface area contributed by atoms with Crippen LogP contribution in [0.3, 0.4) is 0 Å². The predicted molar refractivity (Wildman–Crippen MR) is 87.6 cm³/mol. The molecule has 2 amide bonds. The summed E-state index contributed by atoms with van der Waals surface area (Å²) in [5.74, 6) is 0. The van der Waals surface area contributed by atoms with Gasteiger partial charge >= 0.3 is 6.03 Å². The largest absolute Gasteiger partial charge is 0.394 e. The zero-order valence-electron chi connectivity index (χ0n) is 12.4. The Hall–Kier alpha value is -1.20. The Morgan fingerprint density at radius 1 is 1.38 bits per heavy atom. The van der Waals surface area contributed by atoms with Crippen molar-refractivity contribution in [3.05, 3.63) is 35.9 Å². The van der Waals surface area contributed by atoms with E-state index in [0.717, 1.165) is 18.4 Å². The van der Waals surface area contributed by atoms with E-state index >= 15 is 0 Å². The molecule has 5 heteroatoms. The van der Waals surface area contributed by atoms with Gasteiger partial charge < -0.3 is 15.7 Å². The third-order valence-corrected chi connectivity index (χ3v) is 5.03. The van der Waals surface area contributed by atoms with Crippen molar-refractivity contribution < 1.29 is 9.90 Å². The molecule has 3 atom stereocenters. The van der Waals surface area contributed by atoms with E-state index in [2.05, 4.69) is 16.9 Å². The Morgan fingerprint density at radius 3 is 2.76 bits per heavy atom. The van der Waals surface area contributed by atoms with Crippen molar-refractivity contribution in [2.24, 2.45) is 0 Å². The van der Waals surface area contributed by atoms with Crippen LogP contribution in [0.5, 0.6) is 0 Å². The summed E-state index contributed by atoms with van der Waals surface area (Å²) in [7, 11) is 0. The average Bonchev–Trinajstić information content (AvgIpc) is 2.95. The van der Waals surface area contributed by atoms with Crippen LogP contribution in [0.2, 0.25) is 0 Å². The lowest BCUT2D eigenvalue weighted by Gasteiger charge is -2.19. The number of aliphatic hydroxyl groups excluding tert-OH is 1. The van der Waals surface area contributed by atoms with E-state index in [-0.39, 0.29) is 24.7 Å². The molecule has 1 aliphatic rings. The summed E-state index contributed by atoms with van der Waals surface area (Å²) >= 11 is 1.87. The van der Waals surface area contributed by atoms with Gasteiger partial charge in [-0.2, -0.15) is 11.8 Å². The number of amides is 2. The van der Waals surface area contributed by atoms with Crippen molar-refractivity contribution in [2.75, 3.05) is 12.9 Å². The molecule has 1 aromatic rings.